The van der Waals surface area contributed by atoms with Crippen molar-refractivity contribution in [3.05, 3.63) is 29.8 Å². The van der Waals surface area contributed by atoms with Gasteiger partial charge in [-0.2, -0.15) is 0 Å². The summed E-state index contributed by atoms with van der Waals surface area (Å²) in [5, 5.41) is 3.08. The Bertz CT molecular complexity index is 417. The van der Waals surface area contributed by atoms with Crippen molar-refractivity contribution in [2.45, 2.75) is 38.6 Å². The number of carbonyl (C=O) groups excluding carboxylic acids is 1. The van der Waals surface area contributed by atoms with Gasteiger partial charge >= 0.3 is 0 Å². The molecule has 98 valence electrons. The maximum absolute atomic E-state index is 12.3. The molecule has 2 rings (SSSR count). The summed E-state index contributed by atoms with van der Waals surface area (Å²) in [6.07, 6.45) is 4.26. The highest BCUT2D eigenvalue weighted by atomic mass is 16.2. The van der Waals surface area contributed by atoms with Gasteiger partial charge in [-0.1, -0.05) is 31.5 Å². The van der Waals surface area contributed by atoms with E-state index in [1.54, 1.807) is 0 Å². The maximum atomic E-state index is 12.3. The summed E-state index contributed by atoms with van der Waals surface area (Å²) in [4.78, 5) is 14.5. The number of amides is 1. The van der Waals surface area contributed by atoms with E-state index in [2.05, 4.69) is 23.2 Å². The van der Waals surface area contributed by atoms with Crippen LogP contribution in [-0.4, -0.2) is 30.4 Å². The van der Waals surface area contributed by atoms with Crippen LogP contribution in [0.4, 0.5) is 5.69 Å². The van der Waals surface area contributed by atoms with Crippen LogP contribution in [0.25, 0.3) is 0 Å². The number of nitrogens with one attached hydrogen (secondary N) is 1. The number of rotatable bonds is 3. The quantitative estimate of drug-likeness (QED) is 0.889. The van der Waals surface area contributed by atoms with Crippen molar-refractivity contribution < 1.29 is 4.79 Å². The summed E-state index contributed by atoms with van der Waals surface area (Å²) in [5.74, 6) is 0.137. The fourth-order valence-electron chi connectivity index (χ4n) is 2.57. The summed E-state index contributed by atoms with van der Waals surface area (Å²) in [6, 6.07) is 8.07. The van der Waals surface area contributed by atoms with Gasteiger partial charge in [-0.3, -0.25) is 9.69 Å². The zero-order chi connectivity index (χ0) is 13.0. The van der Waals surface area contributed by atoms with Crippen LogP contribution in [0, 0.1) is 0 Å². The Hall–Kier alpha value is -1.35. The van der Waals surface area contributed by atoms with Gasteiger partial charge in [-0.05, 0) is 44.5 Å². The van der Waals surface area contributed by atoms with Gasteiger partial charge < -0.3 is 5.32 Å². The Labute approximate surface area is 109 Å². The summed E-state index contributed by atoms with van der Waals surface area (Å²) >= 11 is 0. The van der Waals surface area contributed by atoms with Gasteiger partial charge in [0, 0.05) is 5.69 Å². The van der Waals surface area contributed by atoms with E-state index in [4.69, 9.17) is 0 Å². The first-order valence-electron chi connectivity index (χ1n) is 6.81. The van der Waals surface area contributed by atoms with Gasteiger partial charge in [0.05, 0.1) is 6.04 Å². The number of hydrogen-bond acceptors (Lipinski definition) is 2. The molecule has 0 aliphatic carbocycles. The Morgan fingerprint density at radius 3 is 2.89 bits per heavy atom. The molecule has 1 amide bonds. The highest BCUT2D eigenvalue weighted by Crippen LogP contribution is 2.19. The van der Waals surface area contributed by atoms with E-state index in [9.17, 15) is 4.79 Å². The fraction of sp³-hybridized carbons (Fsp3) is 0.533. The highest BCUT2D eigenvalue weighted by Gasteiger charge is 2.25. The molecule has 1 fully saturated rings. The van der Waals surface area contributed by atoms with Crippen molar-refractivity contribution in [2.75, 3.05) is 18.9 Å². The predicted molar refractivity (Wildman–Crippen MR) is 74.7 cm³/mol. The summed E-state index contributed by atoms with van der Waals surface area (Å²) in [6.45, 7) is 3.13. The molecule has 1 aromatic rings. The number of aryl methyl sites for hydroxylation is 1. The minimum Gasteiger partial charge on any atom is -0.324 e. The minimum absolute atomic E-state index is 0.0312. The second-order valence-electron chi connectivity index (χ2n) is 4.99. The van der Waals surface area contributed by atoms with Gasteiger partial charge in [0.1, 0.15) is 0 Å². The van der Waals surface area contributed by atoms with E-state index in [0.717, 1.165) is 31.5 Å². The molecule has 1 aliphatic rings. The lowest BCUT2D eigenvalue weighted by molar-refractivity contribution is -0.121. The molecule has 1 heterocycles. The highest BCUT2D eigenvalue weighted by molar-refractivity contribution is 5.95. The number of anilines is 1. The average Bonchev–Trinajstić information content (AvgIpc) is 2.39. The van der Waals surface area contributed by atoms with E-state index in [1.165, 1.54) is 12.0 Å². The van der Waals surface area contributed by atoms with Crippen LogP contribution in [0.5, 0.6) is 0 Å². The number of likely N-dealkylation sites (N-methyl/N-ethyl adjacent to an activating group) is 1. The SMILES string of the molecule is CCc1ccccc1NC(=O)C1CCCCN1C. The molecular weight excluding hydrogens is 224 g/mol. The molecule has 1 N–H and O–H groups in total. The Balaban J connectivity index is 2.06. The van der Waals surface area contributed by atoms with Crippen LogP contribution in [-0.2, 0) is 11.2 Å². The van der Waals surface area contributed by atoms with Crippen LogP contribution >= 0.6 is 0 Å². The number of benzene rings is 1. The van der Waals surface area contributed by atoms with Gasteiger partial charge in [0.25, 0.3) is 0 Å². The van der Waals surface area contributed by atoms with Crippen molar-refractivity contribution in [2.24, 2.45) is 0 Å². The number of piperidine rings is 1. The lowest BCUT2D eigenvalue weighted by Crippen LogP contribution is -2.44. The second-order valence-corrected chi connectivity index (χ2v) is 4.99. The topological polar surface area (TPSA) is 32.3 Å². The molecule has 1 aromatic carbocycles. The fourth-order valence-corrected chi connectivity index (χ4v) is 2.57. The van der Waals surface area contributed by atoms with E-state index >= 15 is 0 Å². The van der Waals surface area contributed by atoms with E-state index in [-0.39, 0.29) is 11.9 Å². The molecular formula is C15H22N2O. The largest absolute Gasteiger partial charge is 0.324 e. The van der Waals surface area contributed by atoms with Crippen LogP contribution in [0.1, 0.15) is 31.7 Å². The van der Waals surface area contributed by atoms with E-state index < -0.39 is 0 Å². The number of hydrogen-bond donors (Lipinski definition) is 1. The first-order chi connectivity index (χ1) is 8.72. The molecule has 18 heavy (non-hydrogen) atoms. The molecule has 1 unspecified atom stereocenters. The smallest absolute Gasteiger partial charge is 0.241 e. The number of carbonyl (C=O) groups is 1. The van der Waals surface area contributed by atoms with Crippen molar-refractivity contribution in [1.82, 2.24) is 4.90 Å². The standard InChI is InChI=1S/C15H22N2O/c1-3-12-8-4-5-9-13(12)16-15(18)14-10-6-7-11-17(14)2/h4-5,8-9,14H,3,6-7,10-11H2,1-2H3,(H,16,18). The Morgan fingerprint density at radius 2 is 2.17 bits per heavy atom. The zero-order valence-corrected chi connectivity index (χ0v) is 11.3. The third kappa shape index (κ3) is 2.91. The van der Waals surface area contributed by atoms with Gasteiger partial charge in [0.15, 0.2) is 0 Å². The third-order valence-electron chi connectivity index (χ3n) is 3.73. The molecule has 1 atom stereocenters. The van der Waals surface area contributed by atoms with Crippen molar-refractivity contribution in [3.63, 3.8) is 0 Å². The third-order valence-corrected chi connectivity index (χ3v) is 3.73. The first-order valence-corrected chi connectivity index (χ1v) is 6.81. The molecule has 0 saturated carbocycles. The Kier molecular flexibility index (Phi) is 4.37. The molecule has 3 heteroatoms. The molecule has 0 radical (unpaired) electrons. The van der Waals surface area contributed by atoms with Crippen LogP contribution in [0.2, 0.25) is 0 Å². The van der Waals surface area contributed by atoms with Crippen LogP contribution in [0.3, 0.4) is 0 Å². The van der Waals surface area contributed by atoms with E-state index in [0.29, 0.717) is 0 Å². The summed E-state index contributed by atoms with van der Waals surface area (Å²) in [7, 11) is 2.04. The molecule has 3 nitrogen and oxygen atoms in total. The van der Waals surface area contributed by atoms with Gasteiger partial charge in [-0.15, -0.1) is 0 Å². The molecule has 0 bridgehead atoms. The number of likely N-dealkylation sites (tertiary alicyclic amines) is 1. The van der Waals surface area contributed by atoms with Crippen molar-refractivity contribution in [1.29, 1.82) is 0 Å². The van der Waals surface area contributed by atoms with Crippen molar-refractivity contribution in [3.8, 4) is 0 Å². The molecule has 0 spiro atoms. The second kappa shape index (κ2) is 6.01. The monoisotopic (exact) mass is 246 g/mol. The normalized spacial score (nSPS) is 20.7. The molecule has 1 saturated heterocycles. The van der Waals surface area contributed by atoms with Crippen LogP contribution in [0.15, 0.2) is 24.3 Å². The van der Waals surface area contributed by atoms with Crippen LogP contribution < -0.4 is 5.32 Å². The Morgan fingerprint density at radius 1 is 1.39 bits per heavy atom. The molecule has 1 aliphatic heterocycles. The lowest BCUT2D eigenvalue weighted by Gasteiger charge is -2.31. The number of nitrogens with zero attached hydrogens (tertiary/aromatic N) is 1. The van der Waals surface area contributed by atoms with Gasteiger partial charge in [-0.25, -0.2) is 0 Å². The van der Waals surface area contributed by atoms with E-state index in [1.807, 2.05) is 25.2 Å². The van der Waals surface area contributed by atoms with Crippen molar-refractivity contribution >= 4 is 11.6 Å². The summed E-state index contributed by atoms with van der Waals surface area (Å²) in [5.41, 5.74) is 2.16. The summed E-state index contributed by atoms with van der Waals surface area (Å²) < 4.78 is 0. The number of para-hydroxylation sites is 1. The zero-order valence-electron chi connectivity index (χ0n) is 11.3. The average molecular weight is 246 g/mol. The predicted octanol–water partition coefficient (Wildman–Crippen LogP) is 2.67. The molecule has 0 aromatic heterocycles. The maximum Gasteiger partial charge on any atom is 0.241 e. The minimum atomic E-state index is 0.0312. The van der Waals surface area contributed by atoms with Gasteiger partial charge in [0.2, 0.25) is 5.91 Å². The first kappa shape index (κ1) is 13.1. The lowest BCUT2D eigenvalue weighted by atomic mass is 10.0.